The molecule has 0 aliphatic rings. The molecule has 76 valence electrons. The summed E-state index contributed by atoms with van der Waals surface area (Å²) in [6, 6.07) is 6.14. The maximum absolute atomic E-state index is 12.7. The van der Waals surface area contributed by atoms with Gasteiger partial charge in [0, 0.05) is 6.42 Å². The van der Waals surface area contributed by atoms with Gasteiger partial charge in [0.25, 0.3) is 0 Å². The number of hydrogen-bond donors (Lipinski definition) is 1. The fourth-order valence-corrected chi connectivity index (χ4v) is 1.20. The minimum Gasteiger partial charge on any atom is -0.310 e. The molecule has 1 aromatic rings. The van der Waals surface area contributed by atoms with Crippen LogP contribution < -0.4 is 5.32 Å². The van der Waals surface area contributed by atoms with Crippen LogP contribution in [0.15, 0.2) is 24.3 Å². The number of halogens is 1. The van der Waals surface area contributed by atoms with Crippen LogP contribution in [0.4, 0.5) is 4.39 Å². The van der Waals surface area contributed by atoms with Crippen LogP contribution in [0.25, 0.3) is 0 Å². The van der Waals surface area contributed by atoms with Crippen LogP contribution in [0, 0.1) is 5.82 Å². The van der Waals surface area contributed by atoms with Gasteiger partial charge in [-0.3, -0.25) is 4.79 Å². The van der Waals surface area contributed by atoms with Gasteiger partial charge >= 0.3 is 0 Å². The highest BCUT2D eigenvalue weighted by Crippen LogP contribution is 2.04. The van der Waals surface area contributed by atoms with E-state index in [1.54, 1.807) is 12.1 Å². The summed E-state index contributed by atoms with van der Waals surface area (Å²) in [6.45, 7) is 3.07. The molecule has 0 atom stereocenters. The van der Waals surface area contributed by atoms with Gasteiger partial charge in [-0.05, 0) is 24.2 Å². The van der Waals surface area contributed by atoms with E-state index in [0.717, 1.165) is 12.1 Å². The fourth-order valence-electron chi connectivity index (χ4n) is 1.20. The molecule has 0 aliphatic carbocycles. The smallest absolute Gasteiger partial charge is 0.150 e. The van der Waals surface area contributed by atoms with E-state index < -0.39 is 0 Å². The first-order valence-electron chi connectivity index (χ1n) is 4.69. The average molecular weight is 195 g/mol. The molecule has 0 bridgehead atoms. The second kappa shape index (κ2) is 5.50. The van der Waals surface area contributed by atoms with E-state index in [4.69, 9.17) is 0 Å². The Bertz CT molecular complexity index is 312. The van der Waals surface area contributed by atoms with E-state index in [-0.39, 0.29) is 11.6 Å². The van der Waals surface area contributed by atoms with Gasteiger partial charge in [-0.1, -0.05) is 19.1 Å². The number of carbonyl (C=O) groups is 1. The quantitative estimate of drug-likeness (QED) is 0.772. The molecule has 1 rings (SSSR count). The van der Waals surface area contributed by atoms with Gasteiger partial charge in [-0.25, -0.2) is 4.39 Å². The van der Waals surface area contributed by atoms with E-state index in [1.807, 2.05) is 6.92 Å². The van der Waals surface area contributed by atoms with E-state index in [1.165, 1.54) is 12.1 Å². The standard InChI is InChI=1S/C11H14FNO/c1-2-13-8-11(14)7-9-4-3-5-10(12)6-9/h3-6,13H,2,7-8H2,1H3. The summed E-state index contributed by atoms with van der Waals surface area (Å²) in [4.78, 5) is 11.3. The molecule has 0 unspecified atom stereocenters. The summed E-state index contributed by atoms with van der Waals surface area (Å²) < 4.78 is 12.7. The maximum atomic E-state index is 12.7. The Kier molecular flexibility index (Phi) is 4.26. The molecule has 1 aromatic carbocycles. The van der Waals surface area contributed by atoms with Crippen molar-refractivity contribution in [3.8, 4) is 0 Å². The van der Waals surface area contributed by atoms with Crippen LogP contribution in [-0.2, 0) is 11.2 Å². The van der Waals surface area contributed by atoms with Gasteiger partial charge in [0.05, 0.1) is 6.54 Å². The summed E-state index contributed by atoms with van der Waals surface area (Å²) in [6.07, 6.45) is 0.296. The van der Waals surface area contributed by atoms with Crippen molar-refractivity contribution >= 4 is 5.78 Å². The second-order valence-electron chi connectivity index (χ2n) is 3.13. The van der Waals surface area contributed by atoms with Crippen LogP contribution in [0.1, 0.15) is 12.5 Å². The fraction of sp³-hybridized carbons (Fsp3) is 0.364. The number of likely N-dealkylation sites (N-methyl/N-ethyl adjacent to an activating group) is 1. The van der Waals surface area contributed by atoms with Gasteiger partial charge in [0.1, 0.15) is 5.82 Å². The molecular weight excluding hydrogens is 181 g/mol. The molecule has 0 heterocycles. The summed E-state index contributed by atoms with van der Waals surface area (Å²) in [7, 11) is 0. The van der Waals surface area contributed by atoms with Crippen molar-refractivity contribution in [3.63, 3.8) is 0 Å². The van der Waals surface area contributed by atoms with Crippen molar-refractivity contribution in [1.82, 2.24) is 5.32 Å². The number of hydrogen-bond acceptors (Lipinski definition) is 2. The third-order valence-electron chi connectivity index (χ3n) is 1.86. The Morgan fingerprint density at radius 3 is 2.93 bits per heavy atom. The SMILES string of the molecule is CCNCC(=O)Cc1cccc(F)c1. The average Bonchev–Trinajstić information content (AvgIpc) is 2.15. The lowest BCUT2D eigenvalue weighted by Crippen LogP contribution is -2.23. The second-order valence-corrected chi connectivity index (χ2v) is 3.13. The first-order valence-corrected chi connectivity index (χ1v) is 4.69. The minimum atomic E-state index is -0.293. The van der Waals surface area contributed by atoms with Crippen molar-refractivity contribution in [2.75, 3.05) is 13.1 Å². The summed E-state index contributed by atoms with van der Waals surface area (Å²) in [5, 5.41) is 2.94. The van der Waals surface area contributed by atoms with Gasteiger partial charge in [-0.15, -0.1) is 0 Å². The third kappa shape index (κ3) is 3.66. The van der Waals surface area contributed by atoms with Crippen LogP contribution >= 0.6 is 0 Å². The minimum absolute atomic E-state index is 0.0810. The largest absolute Gasteiger partial charge is 0.310 e. The molecule has 0 aliphatic heterocycles. The monoisotopic (exact) mass is 195 g/mol. The van der Waals surface area contributed by atoms with E-state index in [9.17, 15) is 9.18 Å². The molecule has 0 radical (unpaired) electrons. The Morgan fingerprint density at radius 2 is 2.29 bits per heavy atom. The molecule has 0 fully saturated rings. The highest BCUT2D eigenvalue weighted by molar-refractivity contribution is 5.82. The molecule has 0 saturated heterocycles. The van der Waals surface area contributed by atoms with Crippen LogP contribution in [0.2, 0.25) is 0 Å². The highest BCUT2D eigenvalue weighted by atomic mass is 19.1. The normalized spacial score (nSPS) is 10.1. The molecule has 0 saturated carbocycles. The van der Waals surface area contributed by atoms with Crippen molar-refractivity contribution in [2.45, 2.75) is 13.3 Å². The van der Waals surface area contributed by atoms with Crippen LogP contribution in [0.3, 0.4) is 0 Å². The lowest BCUT2D eigenvalue weighted by molar-refractivity contribution is -0.117. The molecule has 0 aromatic heterocycles. The Balaban J connectivity index is 2.47. The number of carbonyl (C=O) groups excluding carboxylic acids is 1. The number of ketones is 1. The molecule has 2 nitrogen and oxygen atoms in total. The zero-order chi connectivity index (χ0) is 10.4. The van der Waals surface area contributed by atoms with Crippen molar-refractivity contribution in [2.24, 2.45) is 0 Å². The van der Waals surface area contributed by atoms with Crippen molar-refractivity contribution in [3.05, 3.63) is 35.6 Å². The first-order chi connectivity index (χ1) is 6.72. The summed E-state index contributed by atoms with van der Waals surface area (Å²) in [5.41, 5.74) is 0.730. The van der Waals surface area contributed by atoms with Crippen LogP contribution in [0.5, 0.6) is 0 Å². The number of rotatable bonds is 5. The lowest BCUT2D eigenvalue weighted by atomic mass is 10.1. The molecular formula is C11H14FNO. The van der Waals surface area contributed by atoms with Crippen molar-refractivity contribution < 1.29 is 9.18 Å². The molecule has 1 N–H and O–H groups in total. The van der Waals surface area contributed by atoms with E-state index in [2.05, 4.69) is 5.32 Å². The Labute approximate surface area is 83.1 Å². The number of benzene rings is 1. The third-order valence-corrected chi connectivity index (χ3v) is 1.86. The van der Waals surface area contributed by atoms with Crippen LogP contribution in [-0.4, -0.2) is 18.9 Å². The zero-order valence-corrected chi connectivity index (χ0v) is 8.22. The summed E-state index contributed by atoms with van der Waals surface area (Å²) in [5.74, 6) is -0.212. The van der Waals surface area contributed by atoms with E-state index >= 15 is 0 Å². The van der Waals surface area contributed by atoms with Crippen molar-refractivity contribution in [1.29, 1.82) is 0 Å². The van der Waals surface area contributed by atoms with Gasteiger partial charge in [-0.2, -0.15) is 0 Å². The lowest BCUT2D eigenvalue weighted by Gasteiger charge is -2.01. The maximum Gasteiger partial charge on any atom is 0.150 e. The summed E-state index contributed by atoms with van der Waals surface area (Å²) >= 11 is 0. The first kappa shape index (κ1) is 10.9. The Morgan fingerprint density at radius 1 is 1.50 bits per heavy atom. The molecule has 0 spiro atoms. The predicted octanol–water partition coefficient (Wildman–Crippen LogP) is 1.55. The number of Topliss-reactive ketones (excluding diaryl/α,β-unsaturated/α-hetero) is 1. The van der Waals surface area contributed by atoms with E-state index in [0.29, 0.717) is 13.0 Å². The zero-order valence-electron chi connectivity index (χ0n) is 8.22. The highest BCUT2D eigenvalue weighted by Gasteiger charge is 2.03. The molecule has 14 heavy (non-hydrogen) atoms. The van der Waals surface area contributed by atoms with Gasteiger partial charge in [0.2, 0.25) is 0 Å². The number of nitrogens with one attached hydrogen (secondary N) is 1. The van der Waals surface area contributed by atoms with Gasteiger partial charge in [0.15, 0.2) is 5.78 Å². The topological polar surface area (TPSA) is 29.1 Å². The predicted molar refractivity (Wildman–Crippen MR) is 53.7 cm³/mol. The van der Waals surface area contributed by atoms with Gasteiger partial charge < -0.3 is 5.32 Å². The molecule has 3 heteroatoms. The molecule has 0 amide bonds. The Hall–Kier alpha value is -1.22.